The van der Waals surface area contributed by atoms with Crippen LogP contribution in [0.1, 0.15) is 22.2 Å². The van der Waals surface area contributed by atoms with E-state index in [0.717, 1.165) is 4.88 Å². The summed E-state index contributed by atoms with van der Waals surface area (Å²) in [6.45, 7) is 3.17. The van der Waals surface area contributed by atoms with Crippen molar-refractivity contribution in [2.75, 3.05) is 12.3 Å². The van der Waals surface area contributed by atoms with E-state index >= 15 is 0 Å². The average molecular weight is 295 g/mol. The van der Waals surface area contributed by atoms with Gasteiger partial charge in [0.05, 0.1) is 12.1 Å². The van der Waals surface area contributed by atoms with Gasteiger partial charge in [-0.1, -0.05) is 17.7 Å². The zero-order valence-electron chi connectivity index (χ0n) is 10.6. The Balaban J connectivity index is 2.23. The standard InChI is InChI=1S/C14H15ClN2OS/c1-2-17(9-11-4-3-7-19-11)14(18)12-8-10(15)5-6-13(12)16/h3-8H,2,9,16H2,1H3. The number of nitrogens with two attached hydrogens (primary N) is 1. The normalized spacial score (nSPS) is 10.4. The Kier molecular flexibility index (Phi) is 4.45. The number of amides is 1. The summed E-state index contributed by atoms with van der Waals surface area (Å²) < 4.78 is 0. The highest BCUT2D eigenvalue weighted by Gasteiger charge is 2.17. The van der Waals surface area contributed by atoms with Crippen molar-refractivity contribution in [3.8, 4) is 0 Å². The molecule has 2 rings (SSSR count). The smallest absolute Gasteiger partial charge is 0.256 e. The number of hydrogen-bond donors (Lipinski definition) is 1. The van der Waals surface area contributed by atoms with E-state index in [0.29, 0.717) is 29.4 Å². The molecule has 0 radical (unpaired) electrons. The minimum atomic E-state index is -0.0871. The maximum atomic E-state index is 12.5. The van der Waals surface area contributed by atoms with Gasteiger partial charge in [-0.15, -0.1) is 11.3 Å². The van der Waals surface area contributed by atoms with Crippen LogP contribution in [0.15, 0.2) is 35.7 Å². The highest BCUT2D eigenvalue weighted by atomic mass is 35.5. The van der Waals surface area contributed by atoms with Crippen molar-refractivity contribution < 1.29 is 4.79 Å². The monoisotopic (exact) mass is 294 g/mol. The van der Waals surface area contributed by atoms with Crippen molar-refractivity contribution in [2.24, 2.45) is 0 Å². The molecule has 0 aliphatic carbocycles. The molecule has 0 fully saturated rings. The molecule has 1 heterocycles. The van der Waals surface area contributed by atoms with Crippen molar-refractivity contribution in [1.29, 1.82) is 0 Å². The molecular formula is C14H15ClN2OS. The van der Waals surface area contributed by atoms with E-state index in [2.05, 4.69) is 0 Å². The molecule has 1 aromatic heterocycles. The molecule has 100 valence electrons. The Morgan fingerprint density at radius 3 is 2.84 bits per heavy atom. The molecule has 5 heteroatoms. The molecular weight excluding hydrogens is 280 g/mol. The van der Waals surface area contributed by atoms with Crippen LogP contribution in [0.2, 0.25) is 5.02 Å². The van der Waals surface area contributed by atoms with Crippen molar-refractivity contribution in [3.05, 3.63) is 51.2 Å². The summed E-state index contributed by atoms with van der Waals surface area (Å²) in [7, 11) is 0. The van der Waals surface area contributed by atoms with Crippen molar-refractivity contribution in [1.82, 2.24) is 4.90 Å². The van der Waals surface area contributed by atoms with Crippen molar-refractivity contribution in [3.63, 3.8) is 0 Å². The zero-order valence-corrected chi connectivity index (χ0v) is 12.2. The van der Waals surface area contributed by atoms with Crippen LogP contribution in [0.5, 0.6) is 0 Å². The number of hydrogen-bond acceptors (Lipinski definition) is 3. The third kappa shape index (κ3) is 3.28. The molecule has 1 amide bonds. The van der Waals surface area contributed by atoms with Gasteiger partial charge in [-0.25, -0.2) is 0 Å². The number of anilines is 1. The van der Waals surface area contributed by atoms with E-state index in [1.807, 2.05) is 24.4 Å². The van der Waals surface area contributed by atoms with Gasteiger partial charge in [0.15, 0.2) is 0 Å². The molecule has 3 nitrogen and oxygen atoms in total. The number of benzene rings is 1. The Morgan fingerprint density at radius 2 is 2.21 bits per heavy atom. The first-order valence-corrected chi connectivity index (χ1v) is 7.24. The van der Waals surface area contributed by atoms with Gasteiger partial charge in [0.25, 0.3) is 5.91 Å². The van der Waals surface area contributed by atoms with Crippen LogP contribution < -0.4 is 5.73 Å². The summed E-state index contributed by atoms with van der Waals surface area (Å²) >= 11 is 7.56. The summed E-state index contributed by atoms with van der Waals surface area (Å²) in [6.07, 6.45) is 0. The van der Waals surface area contributed by atoms with Crippen LogP contribution in [0.25, 0.3) is 0 Å². The van der Waals surface area contributed by atoms with Gasteiger partial charge in [0, 0.05) is 22.1 Å². The Bertz CT molecular complexity index is 569. The molecule has 0 saturated heterocycles. The lowest BCUT2D eigenvalue weighted by molar-refractivity contribution is 0.0755. The van der Waals surface area contributed by atoms with Gasteiger partial charge in [-0.05, 0) is 36.6 Å². The van der Waals surface area contributed by atoms with Gasteiger partial charge in [-0.2, -0.15) is 0 Å². The molecule has 2 N–H and O–H groups in total. The molecule has 0 saturated carbocycles. The van der Waals surface area contributed by atoms with Crippen molar-refractivity contribution >= 4 is 34.5 Å². The minimum Gasteiger partial charge on any atom is -0.398 e. The fourth-order valence-electron chi connectivity index (χ4n) is 1.80. The number of carbonyl (C=O) groups excluding carboxylic acids is 1. The Labute approximate surface area is 121 Å². The van der Waals surface area contributed by atoms with E-state index < -0.39 is 0 Å². The molecule has 1 aromatic carbocycles. The predicted octanol–water partition coefficient (Wildman–Crippen LogP) is 3.65. The van der Waals surface area contributed by atoms with Crippen LogP contribution in [-0.2, 0) is 6.54 Å². The summed E-state index contributed by atoms with van der Waals surface area (Å²) in [6, 6.07) is 8.96. The van der Waals surface area contributed by atoms with Gasteiger partial charge in [0.2, 0.25) is 0 Å². The van der Waals surface area contributed by atoms with Crippen LogP contribution in [-0.4, -0.2) is 17.4 Å². The number of halogens is 1. The average Bonchev–Trinajstić information content (AvgIpc) is 2.91. The third-order valence-corrected chi connectivity index (χ3v) is 3.94. The number of nitrogens with zero attached hydrogens (tertiary/aromatic N) is 1. The molecule has 0 bridgehead atoms. The predicted molar refractivity (Wildman–Crippen MR) is 80.6 cm³/mol. The lowest BCUT2D eigenvalue weighted by Gasteiger charge is -2.21. The Morgan fingerprint density at radius 1 is 1.42 bits per heavy atom. The van der Waals surface area contributed by atoms with Crippen LogP contribution in [0, 0.1) is 0 Å². The van der Waals surface area contributed by atoms with Gasteiger partial charge in [0.1, 0.15) is 0 Å². The summed E-state index contributed by atoms with van der Waals surface area (Å²) in [5.41, 5.74) is 6.77. The highest BCUT2D eigenvalue weighted by Crippen LogP contribution is 2.21. The van der Waals surface area contributed by atoms with Gasteiger partial charge < -0.3 is 10.6 Å². The maximum absolute atomic E-state index is 12.5. The first kappa shape index (κ1) is 13.9. The second kappa shape index (κ2) is 6.08. The number of rotatable bonds is 4. The number of carbonyl (C=O) groups is 1. The number of nitrogen functional groups attached to an aromatic ring is 1. The quantitative estimate of drug-likeness (QED) is 0.875. The van der Waals surface area contributed by atoms with Crippen LogP contribution in [0.4, 0.5) is 5.69 Å². The first-order valence-electron chi connectivity index (χ1n) is 5.98. The lowest BCUT2D eigenvalue weighted by Crippen LogP contribution is -2.30. The van der Waals surface area contributed by atoms with Gasteiger partial charge >= 0.3 is 0 Å². The van der Waals surface area contributed by atoms with E-state index in [4.69, 9.17) is 17.3 Å². The van der Waals surface area contributed by atoms with Gasteiger partial charge in [-0.3, -0.25) is 4.79 Å². The summed E-state index contributed by atoms with van der Waals surface area (Å²) in [4.78, 5) is 15.4. The van der Waals surface area contributed by atoms with E-state index in [-0.39, 0.29) is 5.91 Å². The van der Waals surface area contributed by atoms with E-state index in [9.17, 15) is 4.79 Å². The molecule has 0 unspecified atom stereocenters. The number of thiophene rings is 1. The second-order valence-corrected chi connectivity index (χ2v) is 5.60. The lowest BCUT2D eigenvalue weighted by atomic mass is 10.1. The summed E-state index contributed by atoms with van der Waals surface area (Å²) in [5, 5.41) is 2.52. The van der Waals surface area contributed by atoms with E-state index in [1.54, 1.807) is 34.4 Å². The topological polar surface area (TPSA) is 46.3 Å². The molecule has 19 heavy (non-hydrogen) atoms. The highest BCUT2D eigenvalue weighted by molar-refractivity contribution is 7.09. The van der Waals surface area contributed by atoms with E-state index in [1.165, 1.54) is 0 Å². The molecule has 0 spiro atoms. The van der Waals surface area contributed by atoms with Crippen LogP contribution in [0.3, 0.4) is 0 Å². The van der Waals surface area contributed by atoms with Crippen LogP contribution >= 0.6 is 22.9 Å². The zero-order chi connectivity index (χ0) is 13.8. The van der Waals surface area contributed by atoms with Crippen molar-refractivity contribution in [2.45, 2.75) is 13.5 Å². The fraction of sp³-hybridized carbons (Fsp3) is 0.214. The second-order valence-electron chi connectivity index (χ2n) is 4.13. The molecule has 0 atom stereocenters. The molecule has 2 aromatic rings. The fourth-order valence-corrected chi connectivity index (χ4v) is 2.69. The first-order chi connectivity index (χ1) is 9.11. The third-order valence-electron chi connectivity index (χ3n) is 2.84. The Hall–Kier alpha value is -1.52. The maximum Gasteiger partial charge on any atom is 0.256 e. The summed E-state index contributed by atoms with van der Waals surface area (Å²) in [5.74, 6) is -0.0871. The molecule has 0 aliphatic heterocycles. The SMILES string of the molecule is CCN(Cc1cccs1)C(=O)c1cc(Cl)ccc1N. The minimum absolute atomic E-state index is 0.0871. The molecule has 0 aliphatic rings. The largest absolute Gasteiger partial charge is 0.398 e.